The monoisotopic (exact) mass is 252 g/mol. The molecule has 0 spiro atoms. The number of anilines is 1. The zero-order valence-electron chi connectivity index (χ0n) is 10.1. The summed E-state index contributed by atoms with van der Waals surface area (Å²) in [6.45, 7) is 0.516. The first-order valence-electron chi connectivity index (χ1n) is 5.95. The lowest BCUT2D eigenvalue weighted by atomic mass is 10.2. The molecule has 5 heteroatoms. The minimum absolute atomic E-state index is 0.0975. The minimum atomic E-state index is -0.0975. The number of hydrogen-bond donors (Lipinski definition) is 2. The Bertz CT molecular complexity index is 752. The molecule has 0 aliphatic carbocycles. The third kappa shape index (κ3) is 2.44. The summed E-state index contributed by atoms with van der Waals surface area (Å²) in [6, 6.07) is 13.1. The van der Waals surface area contributed by atoms with Crippen LogP contribution in [0.25, 0.3) is 10.8 Å². The van der Waals surface area contributed by atoms with Crippen LogP contribution in [0.3, 0.4) is 0 Å². The Morgan fingerprint density at radius 3 is 2.89 bits per heavy atom. The predicted molar refractivity (Wildman–Crippen MR) is 73.9 cm³/mol. The zero-order valence-corrected chi connectivity index (χ0v) is 10.1. The molecule has 5 nitrogen and oxygen atoms in total. The lowest BCUT2D eigenvalue weighted by Gasteiger charge is -2.06. The number of aromatic nitrogens is 3. The van der Waals surface area contributed by atoms with Crippen LogP contribution in [0, 0.1) is 0 Å². The van der Waals surface area contributed by atoms with Crippen molar-refractivity contribution in [1.82, 2.24) is 15.2 Å². The lowest BCUT2D eigenvalue weighted by Crippen LogP contribution is -2.11. The van der Waals surface area contributed by atoms with E-state index in [0.717, 1.165) is 11.1 Å². The van der Waals surface area contributed by atoms with E-state index in [4.69, 9.17) is 0 Å². The summed E-state index contributed by atoms with van der Waals surface area (Å²) >= 11 is 0. The van der Waals surface area contributed by atoms with E-state index in [9.17, 15) is 4.79 Å². The summed E-state index contributed by atoms with van der Waals surface area (Å²) in [5.74, 6) is 0.675. The number of aromatic amines is 1. The van der Waals surface area contributed by atoms with Gasteiger partial charge in [-0.15, -0.1) is 0 Å². The highest BCUT2D eigenvalue weighted by molar-refractivity contribution is 5.83. The summed E-state index contributed by atoms with van der Waals surface area (Å²) in [4.78, 5) is 14.7. The molecule has 2 heterocycles. The summed E-state index contributed by atoms with van der Waals surface area (Å²) < 4.78 is 0. The van der Waals surface area contributed by atoms with Gasteiger partial charge in [0.05, 0.1) is 12.2 Å². The SMILES string of the molecule is O=c1[nH]c(NCc2cccnn2)cc2ccccc12. The van der Waals surface area contributed by atoms with Crippen LogP contribution in [0.15, 0.2) is 53.5 Å². The van der Waals surface area contributed by atoms with Gasteiger partial charge in [0.25, 0.3) is 5.56 Å². The number of benzene rings is 1. The topological polar surface area (TPSA) is 70.7 Å². The predicted octanol–water partition coefficient (Wildman–Crippen LogP) is 1.93. The van der Waals surface area contributed by atoms with Gasteiger partial charge in [-0.25, -0.2) is 0 Å². The second-order valence-electron chi connectivity index (χ2n) is 4.17. The van der Waals surface area contributed by atoms with Gasteiger partial charge in [0, 0.05) is 11.6 Å². The molecule has 0 aliphatic heterocycles. The molecule has 0 saturated carbocycles. The van der Waals surface area contributed by atoms with Crippen molar-refractivity contribution in [2.24, 2.45) is 0 Å². The molecular weight excluding hydrogens is 240 g/mol. The second-order valence-corrected chi connectivity index (χ2v) is 4.17. The van der Waals surface area contributed by atoms with Gasteiger partial charge < -0.3 is 10.3 Å². The number of nitrogens with zero attached hydrogens (tertiary/aromatic N) is 2. The molecule has 0 atom stereocenters. The Morgan fingerprint density at radius 1 is 1.16 bits per heavy atom. The van der Waals surface area contributed by atoms with Gasteiger partial charge >= 0.3 is 0 Å². The van der Waals surface area contributed by atoms with E-state index in [1.807, 2.05) is 36.4 Å². The minimum Gasteiger partial charge on any atom is -0.366 e. The second kappa shape index (κ2) is 4.89. The van der Waals surface area contributed by atoms with Crippen LogP contribution in [0.2, 0.25) is 0 Å². The molecule has 19 heavy (non-hydrogen) atoms. The average Bonchev–Trinajstić information content (AvgIpc) is 2.46. The molecule has 0 unspecified atom stereocenters. The van der Waals surface area contributed by atoms with E-state index in [1.165, 1.54) is 0 Å². The number of nitrogens with one attached hydrogen (secondary N) is 2. The highest BCUT2D eigenvalue weighted by atomic mass is 16.1. The van der Waals surface area contributed by atoms with Crippen molar-refractivity contribution in [3.63, 3.8) is 0 Å². The van der Waals surface area contributed by atoms with Gasteiger partial charge in [-0.2, -0.15) is 10.2 Å². The summed E-state index contributed by atoms with van der Waals surface area (Å²) in [6.07, 6.45) is 1.63. The maximum atomic E-state index is 11.9. The molecule has 1 aromatic carbocycles. The molecule has 0 aliphatic rings. The fraction of sp³-hybridized carbons (Fsp3) is 0.0714. The third-order valence-corrected chi connectivity index (χ3v) is 2.84. The molecule has 0 amide bonds. The van der Waals surface area contributed by atoms with Gasteiger partial charge in [0.2, 0.25) is 0 Å². The Morgan fingerprint density at radius 2 is 2.05 bits per heavy atom. The normalized spacial score (nSPS) is 10.5. The summed E-state index contributed by atoms with van der Waals surface area (Å²) in [5.41, 5.74) is 0.719. The van der Waals surface area contributed by atoms with Crippen molar-refractivity contribution in [1.29, 1.82) is 0 Å². The summed E-state index contributed by atoms with van der Waals surface area (Å²) in [7, 11) is 0. The standard InChI is InChI=1S/C14H12N4O/c19-14-12-6-2-1-4-10(12)8-13(17-14)15-9-11-5-3-7-16-18-11/h1-8H,9H2,(H2,15,17,19). The van der Waals surface area contributed by atoms with Gasteiger partial charge in [-0.1, -0.05) is 18.2 Å². The third-order valence-electron chi connectivity index (χ3n) is 2.84. The van der Waals surface area contributed by atoms with Crippen LogP contribution in [0.1, 0.15) is 5.69 Å². The Kier molecular flexibility index (Phi) is 2.94. The van der Waals surface area contributed by atoms with Gasteiger partial charge in [0.1, 0.15) is 5.82 Å². The molecular formula is C14H12N4O. The van der Waals surface area contributed by atoms with E-state index in [1.54, 1.807) is 12.3 Å². The van der Waals surface area contributed by atoms with Crippen molar-refractivity contribution < 1.29 is 0 Å². The van der Waals surface area contributed by atoms with E-state index < -0.39 is 0 Å². The first kappa shape index (κ1) is 11.4. The van der Waals surface area contributed by atoms with Crippen molar-refractivity contribution in [3.8, 4) is 0 Å². The van der Waals surface area contributed by atoms with Crippen LogP contribution in [0.4, 0.5) is 5.82 Å². The molecule has 2 aromatic heterocycles. The molecule has 0 bridgehead atoms. The van der Waals surface area contributed by atoms with Crippen molar-refractivity contribution >= 4 is 16.6 Å². The Balaban J connectivity index is 1.88. The van der Waals surface area contributed by atoms with Crippen molar-refractivity contribution in [2.45, 2.75) is 6.54 Å². The highest BCUT2D eigenvalue weighted by Gasteiger charge is 2.01. The number of hydrogen-bond acceptors (Lipinski definition) is 4. The molecule has 94 valence electrons. The number of fused-ring (bicyclic) bond motifs is 1. The van der Waals surface area contributed by atoms with Crippen LogP contribution in [-0.2, 0) is 6.54 Å². The Labute approximate surface area is 109 Å². The van der Waals surface area contributed by atoms with E-state index in [-0.39, 0.29) is 5.56 Å². The van der Waals surface area contributed by atoms with Crippen LogP contribution < -0.4 is 10.9 Å². The molecule has 3 aromatic rings. The number of rotatable bonds is 3. The van der Waals surface area contributed by atoms with E-state index >= 15 is 0 Å². The number of pyridine rings is 1. The van der Waals surface area contributed by atoms with Crippen LogP contribution in [0.5, 0.6) is 0 Å². The molecule has 0 fully saturated rings. The maximum Gasteiger partial charge on any atom is 0.257 e. The Hall–Kier alpha value is -2.69. The fourth-order valence-electron chi connectivity index (χ4n) is 1.92. The highest BCUT2D eigenvalue weighted by Crippen LogP contribution is 2.12. The first-order chi connectivity index (χ1) is 9.33. The lowest BCUT2D eigenvalue weighted by molar-refractivity contribution is 0.920. The molecule has 0 radical (unpaired) electrons. The van der Waals surface area contributed by atoms with Crippen LogP contribution in [-0.4, -0.2) is 15.2 Å². The first-order valence-corrected chi connectivity index (χ1v) is 5.95. The van der Waals surface area contributed by atoms with E-state index in [0.29, 0.717) is 17.7 Å². The van der Waals surface area contributed by atoms with Crippen molar-refractivity contribution in [2.75, 3.05) is 5.32 Å². The van der Waals surface area contributed by atoms with Gasteiger partial charge in [0.15, 0.2) is 0 Å². The van der Waals surface area contributed by atoms with Gasteiger partial charge in [-0.3, -0.25) is 4.79 Å². The fourth-order valence-corrected chi connectivity index (χ4v) is 1.92. The van der Waals surface area contributed by atoms with Crippen LogP contribution >= 0.6 is 0 Å². The zero-order chi connectivity index (χ0) is 13.1. The van der Waals surface area contributed by atoms with Crippen molar-refractivity contribution in [3.05, 3.63) is 64.7 Å². The quantitative estimate of drug-likeness (QED) is 0.747. The molecule has 3 rings (SSSR count). The smallest absolute Gasteiger partial charge is 0.257 e. The number of H-pyrrole nitrogens is 1. The maximum absolute atomic E-state index is 11.9. The molecule has 2 N–H and O–H groups in total. The molecule has 0 saturated heterocycles. The van der Waals surface area contributed by atoms with E-state index in [2.05, 4.69) is 20.5 Å². The van der Waals surface area contributed by atoms with Gasteiger partial charge in [-0.05, 0) is 29.7 Å². The largest absolute Gasteiger partial charge is 0.366 e. The summed E-state index contributed by atoms with van der Waals surface area (Å²) in [5, 5.41) is 12.5. The average molecular weight is 252 g/mol.